The number of hydrogen-bond acceptors (Lipinski definition) is 4. The molecule has 0 fully saturated rings. The number of hydrogen-bond donors (Lipinski definition) is 0. The van der Waals surface area contributed by atoms with Crippen LogP contribution in [0.15, 0.2) is 79.4 Å². The minimum atomic E-state index is -1.51. The molecule has 0 heterocycles. The maximum Gasteiger partial charge on any atom is 0.324 e. The van der Waals surface area contributed by atoms with Crippen LogP contribution >= 0.6 is 0 Å². The fourth-order valence-electron chi connectivity index (χ4n) is 3.38. The molecule has 0 amide bonds. The highest BCUT2D eigenvalue weighted by Crippen LogP contribution is 2.44. The molecule has 2 aromatic rings. The molecule has 0 aliphatic rings. The van der Waals surface area contributed by atoms with E-state index in [9.17, 15) is 9.59 Å². The van der Waals surface area contributed by atoms with Gasteiger partial charge in [0.1, 0.15) is 0 Å². The first kappa shape index (κ1) is 21.2. The molecule has 0 bridgehead atoms. The molecule has 0 aromatic heterocycles. The second kappa shape index (κ2) is 10.3. The fraction of sp³-hybridized carbons (Fsp3) is 0.250. The Morgan fingerprint density at radius 2 is 1.50 bits per heavy atom. The third-order valence-corrected chi connectivity index (χ3v) is 4.81. The molecule has 0 aliphatic carbocycles. The number of methoxy groups -OCH3 is 2. The number of allylic oxidation sites excluding steroid dienone is 2. The SMILES string of the molecule is C=CCCC(C(=O)OC)(C(=O)OC)[C@H](/C=C/c1ccccc1)c1ccccc1. The monoisotopic (exact) mass is 378 g/mol. The topological polar surface area (TPSA) is 52.6 Å². The summed E-state index contributed by atoms with van der Waals surface area (Å²) in [4.78, 5) is 26.0. The summed E-state index contributed by atoms with van der Waals surface area (Å²) in [6, 6.07) is 19.2. The van der Waals surface area contributed by atoms with Gasteiger partial charge in [-0.2, -0.15) is 0 Å². The quantitative estimate of drug-likeness (QED) is 0.358. The van der Waals surface area contributed by atoms with Gasteiger partial charge in [0, 0.05) is 5.92 Å². The van der Waals surface area contributed by atoms with E-state index < -0.39 is 23.3 Å². The summed E-state index contributed by atoms with van der Waals surface area (Å²) in [6.45, 7) is 3.74. The van der Waals surface area contributed by atoms with Crippen molar-refractivity contribution in [2.24, 2.45) is 5.41 Å². The van der Waals surface area contributed by atoms with E-state index in [1.54, 1.807) is 6.08 Å². The van der Waals surface area contributed by atoms with Crippen LogP contribution in [0.5, 0.6) is 0 Å². The minimum absolute atomic E-state index is 0.231. The molecule has 0 aliphatic heterocycles. The lowest BCUT2D eigenvalue weighted by Crippen LogP contribution is -2.45. The molecule has 0 unspecified atom stereocenters. The summed E-state index contributed by atoms with van der Waals surface area (Å²) in [7, 11) is 2.58. The third-order valence-electron chi connectivity index (χ3n) is 4.81. The summed E-state index contributed by atoms with van der Waals surface area (Å²) < 4.78 is 10.2. The Bertz CT molecular complexity index is 793. The van der Waals surface area contributed by atoms with Crippen molar-refractivity contribution in [3.05, 3.63) is 90.5 Å². The van der Waals surface area contributed by atoms with Crippen molar-refractivity contribution in [2.75, 3.05) is 14.2 Å². The maximum atomic E-state index is 13.0. The normalized spacial score (nSPS) is 12.4. The smallest absolute Gasteiger partial charge is 0.324 e. The Kier molecular flexibility index (Phi) is 7.76. The Hall–Kier alpha value is -3.14. The zero-order valence-corrected chi connectivity index (χ0v) is 16.3. The highest BCUT2D eigenvalue weighted by Gasteiger charge is 2.53. The minimum Gasteiger partial charge on any atom is -0.468 e. The largest absolute Gasteiger partial charge is 0.468 e. The summed E-state index contributed by atoms with van der Waals surface area (Å²) in [6.07, 6.45) is 6.17. The molecule has 28 heavy (non-hydrogen) atoms. The zero-order valence-electron chi connectivity index (χ0n) is 16.3. The van der Waals surface area contributed by atoms with E-state index in [0.29, 0.717) is 6.42 Å². The summed E-state index contributed by atoms with van der Waals surface area (Å²) in [5, 5.41) is 0. The van der Waals surface area contributed by atoms with Gasteiger partial charge in [-0.3, -0.25) is 9.59 Å². The van der Waals surface area contributed by atoms with Crippen molar-refractivity contribution in [1.29, 1.82) is 0 Å². The lowest BCUT2D eigenvalue weighted by molar-refractivity contribution is -0.170. The Morgan fingerprint density at radius 1 is 0.964 bits per heavy atom. The third kappa shape index (κ3) is 4.58. The zero-order chi connectivity index (χ0) is 20.4. The van der Waals surface area contributed by atoms with Crippen molar-refractivity contribution in [3.63, 3.8) is 0 Å². The van der Waals surface area contributed by atoms with E-state index in [1.165, 1.54) is 14.2 Å². The van der Waals surface area contributed by atoms with Crippen LogP contribution in [0.4, 0.5) is 0 Å². The van der Waals surface area contributed by atoms with E-state index in [1.807, 2.05) is 72.8 Å². The van der Waals surface area contributed by atoms with Crippen LogP contribution in [0.25, 0.3) is 6.08 Å². The van der Waals surface area contributed by atoms with Gasteiger partial charge in [0.25, 0.3) is 0 Å². The van der Waals surface area contributed by atoms with Gasteiger partial charge in [-0.1, -0.05) is 78.9 Å². The first-order valence-electron chi connectivity index (χ1n) is 9.16. The van der Waals surface area contributed by atoms with Crippen LogP contribution in [0.2, 0.25) is 0 Å². The molecular formula is C24H26O4. The molecule has 0 saturated carbocycles. The fourth-order valence-corrected chi connectivity index (χ4v) is 3.38. The number of carbonyl (C=O) groups is 2. The molecular weight excluding hydrogens is 352 g/mol. The molecule has 2 rings (SSSR count). The van der Waals surface area contributed by atoms with Gasteiger partial charge in [-0.25, -0.2) is 0 Å². The number of benzene rings is 2. The van der Waals surface area contributed by atoms with Crippen LogP contribution in [0.1, 0.15) is 29.9 Å². The number of rotatable bonds is 9. The summed E-state index contributed by atoms with van der Waals surface area (Å²) >= 11 is 0. The first-order valence-corrected chi connectivity index (χ1v) is 9.16. The van der Waals surface area contributed by atoms with Crippen molar-refractivity contribution < 1.29 is 19.1 Å². The average Bonchev–Trinajstić information content (AvgIpc) is 2.76. The Balaban J connectivity index is 2.66. The molecule has 0 N–H and O–H groups in total. The first-order chi connectivity index (χ1) is 13.6. The molecule has 0 saturated heterocycles. The Labute approximate surface area is 166 Å². The van der Waals surface area contributed by atoms with E-state index in [-0.39, 0.29) is 6.42 Å². The molecule has 4 heteroatoms. The number of esters is 2. The van der Waals surface area contributed by atoms with Crippen LogP contribution < -0.4 is 0 Å². The number of carbonyl (C=O) groups excluding carboxylic acids is 2. The molecule has 4 nitrogen and oxygen atoms in total. The van der Waals surface area contributed by atoms with Gasteiger partial charge in [0.05, 0.1) is 14.2 Å². The highest BCUT2D eigenvalue weighted by molar-refractivity contribution is 6.01. The van der Waals surface area contributed by atoms with Crippen LogP contribution in [-0.4, -0.2) is 26.2 Å². The second-order valence-electron chi connectivity index (χ2n) is 6.44. The molecule has 146 valence electrons. The van der Waals surface area contributed by atoms with Gasteiger partial charge in [-0.15, -0.1) is 6.58 Å². The second-order valence-corrected chi connectivity index (χ2v) is 6.44. The van der Waals surface area contributed by atoms with Gasteiger partial charge >= 0.3 is 11.9 Å². The lowest BCUT2D eigenvalue weighted by Gasteiger charge is -2.34. The molecule has 0 spiro atoms. The van der Waals surface area contributed by atoms with E-state index in [2.05, 4.69) is 6.58 Å². The predicted molar refractivity (Wildman–Crippen MR) is 111 cm³/mol. The summed E-state index contributed by atoms with van der Waals surface area (Å²) in [5.74, 6) is -1.80. The van der Waals surface area contributed by atoms with E-state index in [0.717, 1.165) is 11.1 Å². The van der Waals surface area contributed by atoms with Crippen LogP contribution in [-0.2, 0) is 19.1 Å². The van der Waals surface area contributed by atoms with E-state index >= 15 is 0 Å². The van der Waals surface area contributed by atoms with E-state index in [4.69, 9.17) is 9.47 Å². The van der Waals surface area contributed by atoms with Crippen molar-refractivity contribution >= 4 is 18.0 Å². The lowest BCUT2D eigenvalue weighted by atomic mass is 9.68. The van der Waals surface area contributed by atoms with Crippen LogP contribution in [0, 0.1) is 5.41 Å². The van der Waals surface area contributed by atoms with Gasteiger partial charge in [0.15, 0.2) is 5.41 Å². The van der Waals surface area contributed by atoms with Crippen molar-refractivity contribution in [3.8, 4) is 0 Å². The van der Waals surface area contributed by atoms with Crippen molar-refractivity contribution in [2.45, 2.75) is 18.8 Å². The number of ether oxygens (including phenoxy) is 2. The van der Waals surface area contributed by atoms with Gasteiger partial charge in [0.2, 0.25) is 0 Å². The van der Waals surface area contributed by atoms with Crippen molar-refractivity contribution in [1.82, 2.24) is 0 Å². The maximum absolute atomic E-state index is 13.0. The predicted octanol–water partition coefficient (Wildman–Crippen LogP) is 4.78. The van der Waals surface area contributed by atoms with Gasteiger partial charge in [-0.05, 0) is 24.0 Å². The summed E-state index contributed by atoms with van der Waals surface area (Å²) in [5.41, 5.74) is 0.287. The van der Waals surface area contributed by atoms with Crippen LogP contribution in [0.3, 0.4) is 0 Å². The molecule has 2 aromatic carbocycles. The molecule has 0 radical (unpaired) electrons. The standard InChI is InChI=1S/C24H26O4/c1-4-5-18-24(22(25)27-2,23(26)28-3)21(20-14-10-7-11-15-20)17-16-19-12-8-6-9-13-19/h4,6-17,21H,1,5,18H2,2-3H3/b17-16+/t21-/m1/s1. The average molecular weight is 378 g/mol. The van der Waals surface area contributed by atoms with Gasteiger partial charge < -0.3 is 9.47 Å². The molecule has 1 atom stereocenters. The highest BCUT2D eigenvalue weighted by atomic mass is 16.5. The Morgan fingerprint density at radius 3 is 2.00 bits per heavy atom.